The van der Waals surface area contributed by atoms with E-state index in [1.54, 1.807) is 6.08 Å². The maximum atomic E-state index is 5.54. The third kappa shape index (κ3) is 1.62. The first kappa shape index (κ1) is 6.45. The summed E-state index contributed by atoms with van der Waals surface area (Å²) in [5.41, 5.74) is 11.8. The molecule has 0 radical (unpaired) electrons. The van der Waals surface area contributed by atoms with Crippen LogP contribution in [0.3, 0.4) is 0 Å². The van der Waals surface area contributed by atoms with Gasteiger partial charge < -0.3 is 11.2 Å². The lowest BCUT2D eigenvalue weighted by Crippen LogP contribution is -2.33. The summed E-state index contributed by atoms with van der Waals surface area (Å²) >= 11 is 5.54. The second-order valence-electron chi connectivity index (χ2n) is 1.66. The van der Waals surface area contributed by atoms with Crippen molar-refractivity contribution in [1.82, 2.24) is 10.9 Å². The van der Waals surface area contributed by atoms with Crippen LogP contribution in [0.2, 0.25) is 0 Å². The van der Waals surface area contributed by atoms with Gasteiger partial charge in [0.1, 0.15) is 5.16 Å². The number of hydrogen-bond acceptors (Lipinski definition) is 3. The molecule has 0 spiro atoms. The number of hydrogen-bond donors (Lipinski definition) is 3. The molecule has 0 unspecified atom stereocenters. The fourth-order valence-corrected chi connectivity index (χ4v) is 0.626. The van der Waals surface area contributed by atoms with Crippen LogP contribution < -0.4 is 16.6 Å². The number of nitrogens with two attached hydrogens (primary N) is 1. The average molecular weight is 146 g/mol. The largest absolute Gasteiger partial charge is 0.325 e. The fraction of sp³-hybridized carbons (Fsp3) is 0.200. The van der Waals surface area contributed by atoms with Gasteiger partial charge in [0.15, 0.2) is 0 Å². The summed E-state index contributed by atoms with van der Waals surface area (Å²) in [6.45, 7) is 0.494. The Kier molecular flexibility index (Phi) is 1.97. The second kappa shape index (κ2) is 2.75. The van der Waals surface area contributed by atoms with Gasteiger partial charge in [-0.1, -0.05) is 11.6 Å². The van der Waals surface area contributed by atoms with Crippen LogP contribution in [-0.4, -0.2) is 6.54 Å². The summed E-state index contributed by atoms with van der Waals surface area (Å²) in [5.74, 6) is 0. The zero-order valence-corrected chi connectivity index (χ0v) is 5.57. The van der Waals surface area contributed by atoms with Gasteiger partial charge in [-0.15, -0.1) is 0 Å². The van der Waals surface area contributed by atoms with E-state index < -0.39 is 0 Å². The summed E-state index contributed by atoms with van der Waals surface area (Å²) in [6, 6.07) is 0. The Morgan fingerprint density at radius 1 is 1.44 bits per heavy atom. The van der Waals surface area contributed by atoms with Crippen molar-refractivity contribution in [1.29, 1.82) is 0 Å². The third-order valence-electron chi connectivity index (χ3n) is 0.993. The summed E-state index contributed by atoms with van der Waals surface area (Å²) in [5, 5.41) is 0.576. The summed E-state index contributed by atoms with van der Waals surface area (Å²) in [7, 11) is 0. The van der Waals surface area contributed by atoms with Crippen LogP contribution >= 0.6 is 11.6 Å². The Balaban J connectivity index is 2.59. The highest BCUT2D eigenvalue weighted by molar-refractivity contribution is 6.29. The van der Waals surface area contributed by atoms with Gasteiger partial charge in [0.05, 0.1) is 0 Å². The van der Waals surface area contributed by atoms with Crippen molar-refractivity contribution < 1.29 is 0 Å². The van der Waals surface area contributed by atoms with Crippen molar-refractivity contribution >= 4 is 11.6 Å². The summed E-state index contributed by atoms with van der Waals surface area (Å²) < 4.78 is 0. The first-order valence-electron chi connectivity index (χ1n) is 2.61. The molecule has 0 bridgehead atoms. The lowest BCUT2D eigenvalue weighted by atomic mass is 10.4. The molecular weight excluding hydrogens is 138 g/mol. The van der Waals surface area contributed by atoms with E-state index in [-0.39, 0.29) is 0 Å². The van der Waals surface area contributed by atoms with E-state index in [1.807, 2.05) is 6.08 Å². The second-order valence-corrected chi connectivity index (χ2v) is 2.07. The molecule has 0 saturated carbocycles. The first-order chi connectivity index (χ1) is 4.33. The first-order valence-corrected chi connectivity index (χ1v) is 2.99. The van der Waals surface area contributed by atoms with Crippen molar-refractivity contribution in [2.45, 2.75) is 0 Å². The molecule has 0 atom stereocenters. The SMILES string of the molecule is NCC1=CC=C(Cl)NN1. The molecule has 4 N–H and O–H groups in total. The average Bonchev–Trinajstić information content (AvgIpc) is 1.90. The number of allylic oxidation sites excluding steroid dienone is 2. The summed E-state index contributed by atoms with van der Waals surface area (Å²) in [6.07, 6.45) is 3.58. The maximum Gasteiger partial charge on any atom is 0.120 e. The molecule has 1 aliphatic rings. The molecule has 0 aromatic heterocycles. The Morgan fingerprint density at radius 2 is 2.22 bits per heavy atom. The zero-order valence-electron chi connectivity index (χ0n) is 4.82. The van der Waals surface area contributed by atoms with Crippen molar-refractivity contribution in [3.8, 4) is 0 Å². The predicted molar refractivity (Wildman–Crippen MR) is 37.3 cm³/mol. The molecule has 0 amide bonds. The van der Waals surface area contributed by atoms with Gasteiger partial charge in [0.25, 0.3) is 0 Å². The third-order valence-corrected chi connectivity index (χ3v) is 1.21. The molecule has 0 fully saturated rings. The zero-order chi connectivity index (χ0) is 6.69. The molecule has 0 aliphatic carbocycles. The maximum absolute atomic E-state index is 5.54. The van der Waals surface area contributed by atoms with Crippen LogP contribution in [0.25, 0.3) is 0 Å². The Labute approximate surface area is 58.5 Å². The molecule has 0 aromatic carbocycles. The summed E-state index contributed by atoms with van der Waals surface area (Å²) in [4.78, 5) is 0. The van der Waals surface area contributed by atoms with Crippen LogP contribution in [0.1, 0.15) is 0 Å². The fourth-order valence-electron chi connectivity index (χ4n) is 0.516. The molecule has 1 heterocycles. The topological polar surface area (TPSA) is 50.1 Å². The van der Waals surface area contributed by atoms with E-state index in [1.165, 1.54) is 0 Å². The molecule has 50 valence electrons. The molecule has 1 rings (SSSR count). The molecule has 1 aliphatic heterocycles. The van der Waals surface area contributed by atoms with Crippen LogP contribution in [0.15, 0.2) is 23.0 Å². The van der Waals surface area contributed by atoms with Gasteiger partial charge in [0.2, 0.25) is 0 Å². The monoisotopic (exact) mass is 145 g/mol. The molecule has 9 heavy (non-hydrogen) atoms. The lowest BCUT2D eigenvalue weighted by Gasteiger charge is -2.13. The Hall–Kier alpha value is -0.670. The highest BCUT2D eigenvalue weighted by Crippen LogP contribution is 2.00. The Morgan fingerprint density at radius 3 is 2.67 bits per heavy atom. The minimum Gasteiger partial charge on any atom is -0.325 e. The van der Waals surface area contributed by atoms with Crippen molar-refractivity contribution in [2.75, 3.05) is 6.54 Å². The van der Waals surface area contributed by atoms with Crippen LogP contribution in [-0.2, 0) is 0 Å². The van der Waals surface area contributed by atoms with Gasteiger partial charge in [-0.05, 0) is 12.2 Å². The number of halogens is 1. The quantitative estimate of drug-likeness (QED) is 0.456. The standard InChI is InChI=1S/C5H8ClN3/c6-5-2-1-4(3-7)8-9-5/h1-2,8-9H,3,7H2. The van der Waals surface area contributed by atoms with Crippen LogP contribution in [0.5, 0.6) is 0 Å². The predicted octanol–water partition coefficient (Wildman–Crippen LogP) is 0.0170. The van der Waals surface area contributed by atoms with Gasteiger partial charge >= 0.3 is 0 Å². The van der Waals surface area contributed by atoms with Gasteiger partial charge in [0, 0.05) is 12.2 Å². The minimum atomic E-state index is 0.494. The van der Waals surface area contributed by atoms with Gasteiger partial charge in [-0.3, -0.25) is 5.43 Å². The van der Waals surface area contributed by atoms with Crippen LogP contribution in [0.4, 0.5) is 0 Å². The van der Waals surface area contributed by atoms with Crippen LogP contribution in [0, 0.1) is 0 Å². The van der Waals surface area contributed by atoms with Crippen molar-refractivity contribution in [3.05, 3.63) is 23.0 Å². The van der Waals surface area contributed by atoms with Crippen molar-refractivity contribution in [2.24, 2.45) is 5.73 Å². The Bertz CT molecular complexity index is 162. The van der Waals surface area contributed by atoms with Crippen molar-refractivity contribution in [3.63, 3.8) is 0 Å². The van der Waals surface area contributed by atoms with E-state index in [0.717, 1.165) is 5.70 Å². The minimum absolute atomic E-state index is 0.494. The van der Waals surface area contributed by atoms with Gasteiger partial charge in [-0.25, -0.2) is 0 Å². The number of rotatable bonds is 1. The lowest BCUT2D eigenvalue weighted by molar-refractivity contribution is 0.690. The molecule has 4 heteroatoms. The molecule has 3 nitrogen and oxygen atoms in total. The van der Waals surface area contributed by atoms with E-state index in [2.05, 4.69) is 10.9 Å². The van der Waals surface area contributed by atoms with E-state index in [4.69, 9.17) is 17.3 Å². The number of nitrogens with one attached hydrogen (secondary N) is 2. The molecular formula is C5H8ClN3. The molecule has 0 saturated heterocycles. The smallest absolute Gasteiger partial charge is 0.120 e. The van der Waals surface area contributed by atoms with Gasteiger partial charge in [-0.2, -0.15) is 0 Å². The van der Waals surface area contributed by atoms with E-state index in [0.29, 0.717) is 11.7 Å². The van der Waals surface area contributed by atoms with E-state index >= 15 is 0 Å². The molecule has 0 aromatic rings. The van der Waals surface area contributed by atoms with E-state index in [9.17, 15) is 0 Å². The highest BCUT2D eigenvalue weighted by atomic mass is 35.5. The highest BCUT2D eigenvalue weighted by Gasteiger charge is 1.97. The number of hydrazine groups is 1. The normalized spacial score (nSPS) is 17.1.